The van der Waals surface area contributed by atoms with Crippen LogP contribution >= 0.6 is 0 Å². The van der Waals surface area contributed by atoms with Crippen LogP contribution in [-0.4, -0.2) is 44.6 Å². The minimum atomic E-state index is -3.59. The van der Waals surface area contributed by atoms with E-state index in [0.29, 0.717) is 12.4 Å². The number of pyridine rings is 1. The second kappa shape index (κ2) is 10.2. The third-order valence-corrected chi connectivity index (χ3v) is 6.98. The van der Waals surface area contributed by atoms with Crippen LogP contribution in [0.15, 0.2) is 71.8 Å². The number of anilines is 1. The van der Waals surface area contributed by atoms with Crippen LogP contribution in [0.25, 0.3) is 11.1 Å². The number of ether oxygens (including phenoxy) is 1. The van der Waals surface area contributed by atoms with Crippen LogP contribution in [0.2, 0.25) is 0 Å². The van der Waals surface area contributed by atoms with Crippen molar-refractivity contribution in [2.75, 3.05) is 18.0 Å². The van der Waals surface area contributed by atoms with E-state index in [2.05, 4.69) is 15.0 Å². The van der Waals surface area contributed by atoms with Crippen molar-refractivity contribution in [1.82, 2.24) is 15.0 Å². The highest BCUT2D eigenvalue weighted by molar-refractivity contribution is 7.89. The zero-order chi connectivity index (χ0) is 25.0. The van der Waals surface area contributed by atoms with E-state index in [9.17, 15) is 18.0 Å². The first-order valence-corrected chi connectivity index (χ1v) is 12.5. The number of aromatic nitrogens is 1. The van der Waals surface area contributed by atoms with E-state index >= 15 is 0 Å². The SMILES string of the molecule is CC(=O)NC[C@H]1CN(c2ccc(-c3ccc(CNS(=O)(=O)c4ccc(C)cc4)cc3)cn2)C(=O)O1. The molecule has 1 aliphatic rings. The van der Waals surface area contributed by atoms with Gasteiger partial charge >= 0.3 is 6.09 Å². The Morgan fingerprint density at radius 1 is 1.06 bits per heavy atom. The fourth-order valence-electron chi connectivity index (χ4n) is 3.58. The first-order chi connectivity index (χ1) is 16.7. The molecule has 2 amide bonds. The first-order valence-electron chi connectivity index (χ1n) is 11.1. The molecule has 1 fully saturated rings. The van der Waals surface area contributed by atoms with Gasteiger partial charge in [-0.2, -0.15) is 0 Å². The van der Waals surface area contributed by atoms with Gasteiger partial charge in [0.25, 0.3) is 0 Å². The number of nitrogens with zero attached hydrogens (tertiary/aromatic N) is 2. The van der Waals surface area contributed by atoms with Gasteiger partial charge in [0.05, 0.1) is 18.0 Å². The van der Waals surface area contributed by atoms with E-state index in [1.54, 1.807) is 36.5 Å². The van der Waals surface area contributed by atoms with Crippen molar-refractivity contribution in [3.63, 3.8) is 0 Å². The molecule has 10 heteroatoms. The number of carbonyl (C=O) groups is 2. The lowest BCUT2D eigenvalue weighted by molar-refractivity contribution is -0.119. The Morgan fingerprint density at radius 2 is 1.74 bits per heavy atom. The van der Waals surface area contributed by atoms with Crippen molar-refractivity contribution in [3.05, 3.63) is 78.0 Å². The molecule has 0 unspecified atom stereocenters. The molecule has 0 aliphatic carbocycles. The van der Waals surface area contributed by atoms with E-state index in [1.165, 1.54) is 11.8 Å². The standard InChI is InChI=1S/C25H26N4O5S/c1-17-3-10-23(11-4-17)35(32,33)28-13-19-5-7-20(8-6-19)21-9-12-24(27-14-21)29-16-22(34-25(29)31)15-26-18(2)30/h3-12,14,22,28H,13,15-16H2,1-2H3,(H,26,30)/t22-/m0/s1. The lowest BCUT2D eigenvalue weighted by Crippen LogP contribution is -2.33. The predicted molar refractivity (Wildman–Crippen MR) is 131 cm³/mol. The number of rotatable bonds is 8. The number of amides is 2. The zero-order valence-corrected chi connectivity index (χ0v) is 20.2. The molecule has 0 spiro atoms. The maximum atomic E-state index is 12.5. The molecule has 0 saturated carbocycles. The number of aryl methyl sites for hydroxylation is 1. The second-order valence-electron chi connectivity index (χ2n) is 8.29. The van der Waals surface area contributed by atoms with Crippen molar-refractivity contribution < 1.29 is 22.7 Å². The van der Waals surface area contributed by atoms with Gasteiger partial charge in [-0.1, -0.05) is 42.0 Å². The Balaban J connectivity index is 1.37. The smallest absolute Gasteiger partial charge is 0.416 e. The molecule has 9 nitrogen and oxygen atoms in total. The average Bonchev–Trinajstić information content (AvgIpc) is 3.23. The number of nitrogens with one attached hydrogen (secondary N) is 2. The lowest BCUT2D eigenvalue weighted by Gasteiger charge is -2.13. The third-order valence-electron chi connectivity index (χ3n) is 5.56. The monoisotopic (exact) mass is 494 g/mol. The fraction of sp³-hybridized carbons (Fsp3) is 0.240. The van der Waals surface area contributed by atoms with Crippen LogP contribution in [0.1, 0.15) is 18.1 Å². The molecular weight excluding hydrogens is 468 g/mol. The molecule has 182 valence electrons. The Kier molecular flexibility index (Phi) is 7.13. The summed E-state index contributed by atoms with van der Waals surface area (Å²) in [4.78, 5) is 29.3. The highest BCUT2D eigenvalue weighted by Gasteiger charge is 2.33. The van der Waals surface area contributed by atoms with Crippen molar-refractivity contribution in [3.8, 4) is 11.1 Å². The average molecular weight is 495 g/mol. The van der Waals surface area contributed by atoms with Gasteiger partial charge in [-0.3, -0.25) is 9.69 Å². The molecule has 2 N–H and O–H groups in total. The summed E-state index contributed by atoms with van der Waals surface area (Å²) in [5.41, 5.74) is 3.57. The number of sulfonamides is 1. The summed E-state index contributed by atoms with van der Waals surface area (Å²) in [5, 5.41) is 2.64. The number of cyclic esters (lactones) is 1. The van der Waals surface area contributed by atoms with Crippen LogP contribution in [-0.2, 0) is 26.1 Å². The van der Waals surface area contributed by atoms with Crippen molar-refractivity contribution in [2.45, 2.75) is 31.4 Å². The minimum Gasteiger partial charge on any atom is -0.442 e. The van der Waals surface area contributed by atoms with E-state index in [4.69, 9.17) is 4.74 Å². The number of hydrogen-bond donors (Lipinski definition) is 2. The molecule has 1 aliphatic heterocycles. The van der Waals surface area contributed by atoms with E-state index in [-0.39, 0.29) is 23.9 Å². The zero-order valence-electron chi connectivity index (χ0n) is 19.4. The van der Waals surface area contributed by atoms with Gasteiger partial charge in [0.2, 0.25) is 15.9 Å². The van der Waals surface area contributed by atoms with Gasteiger partial charge in [0.15, 0.2) is 0 Å². The van der Waals surface area contributed by atoms with Crippen molar-refractivity contribution >= 4 is 27.8 Å². The quantitative estimate of drug-likeness (QED) is 0.497. The molecule has 1 atom stereocenters. The minimum absolute atomic E-state index is 0.171. The molecule has 2 heterocycles. The van der Waals surface area contributed by atoms with Gasteiger partial charge in [-0.15, -0.1) is 0 Å². The Bertz CT molecular complexity index is 1310. The Hall–Kier alpha value is -3.76. The normalized spacial score (nSPS) is 15.7. The van der Waals surface area contributed by atoms with Gasteiger partial charge in [-0.25, -0.2) is 22.9 Å². The van der Waals surface area contributed by atoms with Gasteiger partial charge < -0.3 is 10.1 Å². The fourth-order valence-corrected chi connectivity index (χ4v) is 4.60. The van der Waals surface area contributed by atoms with Gasteiger partial charge in [-0.05, 0) is 42.3 Å². The highest BCUT2D eigenvalue weighted by Crippen LogP contribution is 2.24. The summed E-state index contributed by atoms with van der Waals surface area (Å²) in [5.74, 6) is 0.280. The molecule has 4 rings (SSSR count). The Morgan fingerprint density at radius 3 is 2.37 bits per heavy atom. The van der Waals surface area contributed by atoms with Gasteiger partial charge in [0.1, 0.15) is 11.9 Å². The molecule has 35 heavy (non-hydrogen) atoms. The van der Waals surface area contributed by atoms with Crippen molar-refractivity contribution in [2.24, 2.45) is 0 Å². The predicted octanol–water partition coefficient (Wildman–Crippen LogP) is 3.00. The topological polar surface area (TPSA) is 118 Å². The van der Waals surface area contributed by atoms with E-state index in [0.717, 1.165) is 22.3 Å². The van der Waals surface area contributed by atoms with Crippen LogP contribution in [0.3, 0.4) is 0 Å². The second-order valence-corrected chi connectivity index (χ2v) is 10.1. The van der Waals surface area contributed by atoms with E-state index in [1.807, 2.05) is 37.3 Å². The summed E-state index contributed by atoms with van der Waals surface area (Å²) in [6, 6.07) is 17.8. The molecule has 3 aromatic rings. The highest BCUT2D eigenvalue weighted by atomic mass is 32.2. The lowest BCUT2D eigenvalue weighted by atomic mass is 10.1. The summed E-state index contributed by atoms with van der Waals surface area (Å²) in [6.45, 7) is 4.04. The largest absolute Gasteiger partial charge is 0.442 e. The summed E-state index contributed by atoms with van der Waals surface area (Å²) in [7, 11) is -3.59. The molecular formula is C25H26N4O5S. The summed E-state index contributed by atoms with van der Waals surface area (Å²) >= 11 is 0. The summed E-state index contributed by atoms with van der Waals surface area (Å²) in [6.07, 6.45) is 0.737. The molecule has 1 aromatic heterocycles. The van der Waals surface area contributed by atoms with Crippen LogP contribution in [0, 0.1) is 6.92 Å². The molecule has 1 saturated heterocycles. The Labute approximate surface area is 204 Å². The maximum Gasteiger partial charge on any atom is 0.416 e. The van der Waals surface area contributed by atoms with Gasteiger partial charge in [0, 0.05) is 25.2 Å². The van der Waals surface area contributed by atoms with Crippen LogP contribution < -0.4 is 14.9 Å². The maximum absolute atomic E-state index is 12.5. The number of benzene rings is 2. The molecule has 2 aromatic carbocycles. The number of hydrogen-bond acceptors (Lipinski definition) is 6. The van der Waals surface area contributed by atoms with Crippen molar-refractivity contribution in [1.29, 1.82) is 0 Å². The van der Waals surface area contributed by atoms with Crippen LogP contribution in [0.5, 0.6) is 0 Å². The molecule has 0 radical (unpaired) electrons. The first kappa shape index (κ1) is 24.4. The van der Waals surface area contributed by atoms with Crippen LogP contribution in [0.4, 0.5) is 10.6 Å². The van der Waals surface area contributed by atoms with E-state index < -0.39 is 22.2 Å². The summed E-state index contributed by atoms with van der Waals surface area (Å²) < 4.78 is 32.9. The molecule has 0 bridgehead atoms. The number of carbonyl (C=O) groups excluding carboxylic acids is 2. The third kappa shape index (κ3) is 6.03.